The summed E-state index contributed by atoms with van der Waals surface area (Å²) in [6.07, 6.45) is -0.849. The van der Waals surface area contributed by atoms with Gasteiger partial charge in [-0.25, -0.2) is 0 Å². The van der Waals surface area contributed by atoms with E-state index in [2.05, 4.69) is 9.47 Å². The third kappa shape index (κ3) is 1.93. The van der Waals surface area contributed by atoms with Crippen LogP contribution in [0.25, 0.3) is 0 Å². The zero-order chi connectivity index (χ0) is 9.19. The summed E-state index contributed by atoms with van der Waals surface area (Å²) in [6, 6.07) is 0. The van der Waals surface area contributed by atoms with Gasteiger partial charge < -0.3 is 19.7 Å². The number of esters is 2. The zero-order valence-corrected chi connectivity index (χ0v) is 6.15. The molecule has 2 N–H and O–H groups in total. The van der Waals surface area contributed by atoms with Gasteiger partial charge in [0.1, 0.15) is 6.42 Å². The monoisotopic (exact) mass is 176 g/mol. The molecule has 68 valence electrons. The molecule has 0 spiro atoms. The Labute approximate surface area is 67.7 Å². The highest BCUT2D eigenvalue weighted by atomic mass is 16.8. The molecule has 12 heavy (non-hydrogen) atoms. The molecule has 0 unspecified atom stereocenters. The fraction of sp³-hybridized carbons (Fsp3) is 0.667. The van der Waals surface area contributed by atoms with E-state index < -0.39 is 30.9 Å². The first kappa shape index (κ1) is 8.95. The van der Waals surface area contributed by atoms with E-state index in [1.807, 2.05) is 0 Å². The van der Waals surface area contributed by atoms with Crippen molar-refractivity contribution in [3.8, 4) is 0 Å². The Morgan fingerprint density at radius 3 is 2.25 bits per heavy atom. The maximum atomic E-state index is 10.6. The van der Waals surface area contributed by atoms with Crippen molar-refractivity contribution >= 4 is 11.9 Å². The second-order valence-corrected chi connectivity index (χ2v) is 2.31. The smallest absolute Gasteiger partial charge is 0.375 e. The Morgan fingerprint density at radius 2 is 1.83 bits per heavy atom. The van der Waals surface area contributed by atoms with Crippen molar-refractivity contribution in [3.63, 3.8) is 0 Å². The van der Waals surface area contributed by atoms with E-state index in [1.54, 1.807) is 0 Å². The number of rotatable bonds is 2. The molecule has 0 radical (unpaired) electrons. The summed E-state index contributed by atoms with van der Waals surface area (Å²) >= 11 is 0. The molecule has 0 atom stereocenters. The Morgan fingerprint density at radius 1 is 1.33 bits per heavy atom. The van der Waals surface area contributed by atoms with Gasteiger partial charge in [-0.1, -0.05) is 0 Å². The predicted molar refractivity (Wildman–Crippen MR) is 33.5 cm³/mol. The van der Waals surface area contributed by atoms with Crippen LogP contribution in [0.15, 0.2) is 0 Å². The number of hydrogen-bond donors (Lipinski definition) is 2. The predicted octanol–water partition coefficient (Wildman–Crippen LogP) is -1.50. The molecule has 0 aromatic heterocycles. The van der Waals surface area contributed by atoms with Crippen LogP contribution in [0.5, 0.6) is 0 Å². The van der Waals surface area contributed by atoms with E-state index in [-0.39, 0.29) is 6.42 Å². The summed E-state index contributed by atoms with van der Waals surface area (Å²) in [4.78, 5) is 21.2. The summed E-state index contributed by atoms with van der Waals surface area (Å²) in [7, 11) is 0. The molecule has 1 heterocycles. The second-order valence-electron chi connectivity index (χ2n) is 2.31. The Kier molecular flexibility index (Phi) is 2.30. The minimum Gasteiger partial charge on any atom is -0.398 e. The second kappa shape index (κ2) is 3.08. The molecule has 0 aromatic rings. The van der Waals surface area contributed by atoms with Gasteiger partial charge in [0, 0.05) is 0 Å². The first-order valence-corrected chi connectivity index (χ1v) is 3.33. The van der Waals surface area contributed by atoms with E-state index in [0.717, 1.165) is 0 Å². The lowest BCUT2D eigenvalue weighted by atomic mass is 10.3. The average molecular weight is 176 g/mol. The van der Waals surface area contributed by atoms with Gasteiger partial charge in [-0.05, 0) is 0 Å². The lowest BCUT2D eigenvalue weighted by Gasteiger charge is -2.29. The van der Waals surface area contributed by atoms with Crippen LogP contribution in [0.1, 0.15) is 12.8 Å². The fourth-order valence-corrected chi connectivity index (χ4v) is 0.810. The SMILES string of the molecule is O=C1CC(=O)OC(O)(CCO)O1. The molecule has 0 aromatic carbocycles. The van der Waals surface area contributed by atoms with E-state index in [4.69, 9.17) is 10.2 Å². The highest BCUT2D eigenvalue weighted by Gasteiger charge is 2.41. The molecule has 0 amide bonds. The van der Waals surface area contributed by atoms with Gasteiger partial charge in [0.15, 0.2) is 0 Å². The van der Waals surface area contributed by atoms with Crippen molar-refractivity contribution in [2.45, 2.75) is 18.8 Å². The maximum Gasteiger partial charge on any atom is 0.375 e. The van der Waals surface area contributed by atoms with Crippen molar-refractivity contribution in [3.05, 3.63) is 0 Å². The van der Waals surface area contributed by atoms with Crippen LogP contribution in [-0.2, 0) is 19.1 Å². The Balaban J connectivity index is 2.64. The highest BCUT2D eigenvalue weighted by Crippen LogP contribution is 2.20. The quantitative estimate of drug-likeness (QED) is 0.393. The lowest BCUT2D eigenvalue weighted by molar-refractivity contribution is -0.339. The minimum atomic E-state index is -2.28. The van der Waals surface area contributed by atoms with Crippen LogP contribution in [0.4, 0.5) is 0 Å². The Bertz CT molecular complexity index is 194. The number of cyclic esters (lactones) is 2. The van der Waals surface area contributed by atoms with Crippen molar-refractivity contribution in [2.75, 3.05) is 6.61 Å². The number of aliphatic hydroxyl groups excluding tert-OH is 1. The van der Waals surface area contributed by atoms with Gasteiger partial charge in [0.2, 0.25) is 0 Å². The number of carbonyl (C=O) groups excluding carboxylic acids is 2. The van der Waals surface area contributed by atoms with Crippen molar-refractivity contribution < 1.29 is 29.3 Å². The summed E-state index contributed by atoms with van der Waals surface area (Å²) in [5.41, 5.74) is 0. The van der Waals surface area contributed by atoms with Gasteiger partial charge >= 0.3 is 17.9 Å². The van der Waals surface area contributed by atoms with E-state index in [9.17, 15) is 9.59 Å². The molecule has 0 saturated carbocycles. The highest BCUT2D eigenvalue weighted by molar-refractivity contribution is 5.92. The summed E-state index contributed by atoms with van der Waals surface area (Å²) in [5.74, 6) is -3.99. The summed E-state index contributed by atoms with van der Waals surface area (Å²) in [6.45, 7) is -0.447. The normalized spacial score (nSPS) is 21.5. The van der Waals surface area contributed by atoms with E-state index in [0.29, 0.717) is 0 Å². The standard InChI is InChI=1S/C6H8O6/c7-2-1-6(10)11-4(8)3-5(9)12-6/h7,10H,1-3H2. The topological polar surface area (TPSA) is 93.1 Å². The van der Waals surface area contributed by atoms with E-state index in [1.165, 1.54) is 0 Å². The molecule has 0 aliphatic carbocycles. The molecule has 6 nitrogen and oxygen atoms in total. The van der Waals surface area contributed by atoms with Gasteiger partial charge in [0.05, 0.1) is 13.0 Å². The molecule has 6 heteroatoms. The van der Waals surface area contributed by atoms with Crippen LogP contribution in [0, 0.1) is 0 Å². The molecule has 1 saturated heterocycles. The molecule has 1 rings (SSSR count). The van der Waals surface area contributed by atoms with E-state index >= 15 is 0 Å². The fourth-order valence-electron chi connectivity index (χ4n) is 0.810. The van der Waals surface area contributed by atoms with Gasteiger partial charge in [-0.3, -0.25) is 9.59 Å². The first-order valence-electron chi connectivity index (χ1n) is 3.33. The number of ether oxygens (including phenoxy) is 2. The van der Waals surface area contributed by atoms with Crippen LogP contribution < -0.4 is 0 Å². The third-order valence-corrected chi connectivity index (χ3v) is 1.26. The third-order valence-electron chi connectivity index (χ3n) is 1.26. The van der Waals surface area contributed by atoms with Crippen LogP contribution in [0.3, 0.4) is 0 Å². The molecule has 0 bridgehead atoms. The number of carbonyl (C=O) groups is 2. The largest absolute Gasteiger partial charge is 0.398 e. The van der Waals surface area contributed by atoms with Crippen molar-refractivity contribution in [1.82, 2.24) is 0 Å². The van der Waals surface area contributed by atoms with Gasteiger partial charge in [-0.2, -0.15) is 0 Å². The summed E-state index contributed by atoms with van der Waals surface area (Å²) < 4.78 is 8.60. The van der Waals surface area contributed by atoms with Crippen LogP contribution in [-0.4, -0.2) is 34.7 Å². The first-order chi connectivity index (χ1) is 5.56. The molecule has 1 fully saturated rings. The average Bonchev–Trinajstić information content (AvgIpc) is 1.82. The van der Waals surface area contributed by atoms with Crippen LogP contribution in [0.2, 0.25) is 0 Å². The number of hydrogen-bond acceptors (Lipinski definition) is 6. The molecule has 1 aliphatic rings. The summed E-state index contributed by atoms with van der Waals surface area (Å²) in [5, 5.41) is 17.6. The Hall–Kier alpha value is -1.14. The molecular weight excluding hydrogens is 168 g/mol. The van der Waals surface area contributed by atoms with Gasteiger partial charge in [0.25, 0.3) is 0 Å². The molecule has 1 aliphatic heterocycles. The van der Waals surface area contributed by atoms with Crippen LogP contribution >= 0.6 is 0 Å². The minimum absolute atomic E-state index is 0.343. The van der Waals surface area contributed by atoms with Gasteiger partial charge in [-0.15, -0.1) is 0 Å². The maximum absolute atomic E-state index is 10.6. The zero-order valence-electron chi connectivity index (χ0n) is 6.15. The van der Waals surface area contributed by atoms with Crippen molar-refractivity contribution in [1.29, 1.82) is 0 Å². The lowest BCUT2D eigenvalue weighted by Crippen LogP contribution is -2.45. The number of aliphatic hydroxyl groups is 2. The molecular formula is C6H8O6. The van der Waals surface area contributed by atoms with Crippen molar-refractivity contribution in [2.24, 2.45) is 0 Å².